The fraction of sp³-hybridized carbons (Fsp3) is 0.393. The number of aryl methyl sites for hydroxylation is 2. The number of aromatic nitrogens is 2. The summed E-state index contributed by atoms with van der Waals surface area (Å²) in [4.78, 5) is 24.1. The van der Waals surface area contributed by atoms with Crippen molar-refractivity contribution in [3.05, 3.63) is 70.4 Å². The maximum Gasteiger partial charge on any atom is 0.407 e. The predicted molar refractivity (Wildman–Crippen MR) is 137 cm³/mol. The number of hydrogen-bond acceptors (Lipinski definition) is 5. The number of nitrogens with one attached hydrogen (secondary N) is 1. The Balaban J connectivity index is 1.59. The number of hydrogen-bond donors (Lipinski definition) is 2. The molecule has 8 nitrogen and oxygen atoms in total. The maximum atomic E-state index is 12.2. The van der Waals surface area contributed by atoms with Crippen LogP contribution in [0.15, 0.2) is 42.5 Å². The van der Waals surface area contributed by atoms with Crippen molar-refractivity contribution in [2.75, 3.05) is 13.7 Å². The lowest BCUT2D eigenvalue weighted by Crippen LogP contribution is -2.33. The number of methoxy groups -OCH3 is 1. The maximum absolute atomic E-state index is 12.2. The van der Waals surface area contributed by atoms with E-state index in [0.717, 1.165) is 34.4 Å². The van der Waals surface area contributed by atoms with E-state index in [9.17, 15) is 14.7 Å². The fourth-order valence-electron chi connectivity index (χ4n) is 4.58. The van der Waals surface area contributed by atoms with E-state index in [0.29, 0.717) is 38.0 Å². The van der Waals surface area contributed by atoms with Gasteiger partial charge < -0.3 is 19.9 Å². The number of amides is 1. The van der Waals surface area contributed by atoms with Gasteiger partial charge in [-0.05, 0) is 68.9 Å². The van der Waals surface area contributed by atoms with Crippen LogP contribution < -0.4 is 10.1 Å². The smallest absolute Gasteiger partial charge is 0.407 e. The molecule has 0 fully saturated rings. The van der Waals surface area contributed by atoms with E-state index in [4.69, 9.17) is 14.6 Å². The van der Waals surface area contributed by atoms with Gasteiger partial charge in [0.15, 0.2) is 0 Å². The lowest BCUT2D eigenvalue weighted by atomic mass is 9.86. The van der Waals surface area contributed by atoms with Crippen molar-refractivity contribution in [1.82, 2.24) is 15.1 Å². The van der Waals surface area contributed by atoms with Crippen molar-refractivity contribution in [2.24, 2.45) is 0 Å². The predicted octanol–water partition coefficient (Wildman–Crippen LogP) is 4.86. The third-order valence-corrected chi connectivity index (χ3v) is 6.11. The molecule has 0 radical (unpaired) electrons. The number of carboxylic acid groups (broad SMARTS) is 1. The second kappa shape index (κ2) is 10.4. The number of carbonyl (C=O) groups is 2. The van der Waals surface area contributed by atoms with Gasteiger partial charge in [0.2, 0.25) is 0 Å². The van der Waals surface area contributed by atoms with Gasteiger partial charge in [-0.25, -0.2) is 9.59 Å². The van der Waals surface area contributed by atoms with Crippen molar-refractivity contribution in [3.8, 4) is 17.0 Å². The lowest BCUT2D eigenvalue weighted by Gasteiger charge is -2.19. The van der Waals surface area contributed by atoms with Crippen LogP contribution in [0.3, 0.4) is 0 Å². The van der Waals surface area contributed by atoms with Crippen LogP contribution in [-0.2, 0) is 30.5 Å². The van der Waals surface area contributed by atoms with E-state index in [1.807, 2.05) is 18.2 Å². The third-order valence-electron chi connectivity index (χ3n) is 6.11. The minimum absolute atomic E-state index is 0.216. The standard InChI is InChI=1S/C28H33N3O5/c1-28(2,3)36-27(34)29-13-8-14-31-25(26(32)33)21-12-11-19-17-23(35-4)20(16-22(19)24(21)30-31)15-18-9-6-5-7-10-18/h5-7,9-10,16-17H,8,11-15H2,1-4H3,(H,29,34)(H,32,33). The molecule has 1 aliphatic carbocycles. The molecule has 36 heavy (non-hydrogen) atoms. The highest BCUT2D eigenvalue weighted by molar-refractivity contribution is 5.91. The van der Waals surface area contributed by atoms with E-state index < -0.39 is 17.7 Å². The molecule has 4 rings (SSSR count). The molecule has 3 aromatic rings. The number of carbonyl (C=O) groups excluding carboxylic acids is 1. The first-order chi connectivity index (χ1) is 17.2. The molecule has 1 aromatic heterocycles. The Kier molecular flexibility index (Phi) is 7.33. The molecule has 0 saturated heterocycles. The van der Waals surface area contributed by atoms with Gasteiger partial charge in [0.1, 0.15) is 17.0 Å². The van der Waals surface area contributed by atoms with E-state index >= 15 is 0 Å². The molecule has 0 unspecified atom stereocenters. The highest BCUT2D eigenvalue weighted by atomic mass is 16.6. The summed E-state index contributed by atoms with van der Waals surface area (Å²) in [6.07, 6.45) is 2.05. The first kappa shape index (κ1) is 25.3. The number of nitrogens with zero attached hydrogens (tertiary/aromatic N) is 2. The zero-order valence-corrected chi connectivity index (χ0v) is 21.3. The van der Waals surface area contributed by atoms with Crippen molar-refractivity contribution in [2.45, 2.75) is 58.6 Å². The zero-order valence-electron chi connectivity index (χ0n) is 21.3. The summed E-state index contributed by atoms with van der Waals surface area (Å²) in [5, 5.41) is 17.5. The molecule has 190 valence electrons. The van der Waals surface area contributed by atoms with Crippen LogP contribution in [-0.4, -0.2) is 46.2 Å². The highest BCUT2D eigenvalue weighted by Gasteiger charge is 2.29. The monoisotopic (exact) mass is 491 g/mol. The Morgan fingerprint density at radius 3 is 2.56 bits per heavy atom. The molecule has 2 N–H and O–H groups in total. The molecule has 8 heteroatoms. The van der Waals surface area contributed by atoms with Crippen LogP contribution in [0.4, 0.5) is 4.79 Å². The van der Waals surface area contributed by atoms with Gasteiger partial charge in [-0.1, -0.05) is 30.3 Å². The summed E-state index contributed by atoms with van der Waals surface area (Å²) in [7, 11) is 1.67. The van der Waals surface area contributed by atoms with E-state index in [1.54, 1.807) is 32.6 Å². The number of ether oxygens (including phenoxy) is 2. The summed E-state index contributed by atoms with van der Waals surface area (Å²) in [6.45, 7) is 6.14. The van der Waals surface area contributed by atoms with E-state index in [1.165, 1.54) is 5.56 Å². The van der Waals surface area contributed by atoms with Gasteiger partial charge in [0, 0.05) is 30.6 Å². The molecular weight excluding hydrogens is 458 g/mol. The molecule has 0 aliphatic heterocycles. The lowest BCUT2D eigenvalue weighted by molar-refractivity contribution is 0.0524. The van der Waals surface area contributed by atoms with Gasteiger partial charge in [0.25, 0.3) is 0 Å². The number of rotatable bonds is 8. The minimum Gasteiger partial charge on any atom is -0.496 e. The fourth-order valence-corrected chi connectivity index (χ4v) is 4.58. The van der Waals surface area contributed by atoms with Gasteiger partial charge in [0.05, 0.1) is 12.8 Å². The number of fused-ring (bicyclic) bond motifs is 3. The Labute approximate surface area is 211 Å². The number of carboxylic acids is 1. The van der Waals surface area contributed by atoms with E-state index in [-0.39, 0.29) is 5.69 Å². The Bertz CT molecular complexity index is 1260. The summed E-state index contributed by atoms with van der Waals surface area (Å²) >= 11 is 0. The average molecular weight is 492 g/mol. The Hall–Kier alpha value is -3.81. The summed E-state index contributed by atoms with van der Waals surface area (Å²) < 4.78 is 12.5. The minimum atomic E-state index is -0.995. The van der Waals surface area contributed by atoms with Crippen molar-refractivity contribution >= 4 is 12.1 Å². The zero-order chi connectivity index (χ0) is 25.9. The van der Waals surface area contributed by atoms with Gasteiger partial charge in [-0.2, -0.15) is 5.10 Å². The first-order valence-electron chi connectivity index (χ1n) is 12.2. The van der Waals surface area contributed by atoms with Crippen LogP contribution in [0.2, 0.25) is 0 Å². The molecule has 1 heterocycles. The SMILES string of the molecule is COc1cc2c(cc1Cc1ccccc1)-c1nn(CCCNC(=O)OC(C)(C)C)c(C(=O)O)c1CC2. The highest BCUT2D eigenvalue weighted by Crippen LogP contribution is 2.39. The molecular formula is C28H33N3O5. The average Bonchev–Trinajstić information content (AvgIpc) is 3.20. The quantitative estimate of drug-likeness (QED) is 0.436. The second-order valence-electron chi connectivity index (χ2n) is 9.97. The summed E-state index contributed by atoms with van der Waals surface area (Å²) in [5.41, 5.74) is 5.37. The van der Waals surface area contributed by atoms with Crippen LogP contribution >= 0.6 is 0 Å². The molecule has 2 aromatic carbocycles. The summed E-state index contributed by atoms with van der Waals surface area (Å²) in [5.74, 6) is -0.169. The van der Waals surface area contributed by atoms with Gasteiger partial charge in [-0.3, -0.25) is 4.68 Å². The van der Waals surface area contributed by atoms with Crippen LogP contribution in [0.1, 0.15) is 59.9 Å². The number of alkyl carbamates (subject to hydrolysis) is 1. The first-order valence-corrected chi connectivity index (χ1v) is 12.2. The Morgan fingerprint density at radius 1 is 1.14 bits per heavy atom. The summed E-state index contributed by atoms with van der Waals surface area (Å²) in [6, 6.07) is 14.3. The van der Waals surface area contributed by atoms with Crippen LogP contribution in [0.5, 0.6) is 5.75 Å². The molecule has 0 spiro atoms. The topological polar surface area (TPSA) is 103 Å². The number of benzene rings is 2. The molecule has 0 atom stereocenters. The van der Waals surface area contributed by atoms with Crippen LogP contribution in [0, 0.1) is 0 Å². The Morgan fingerprint density at radius 2 is 1.89 bits per heavy atom. The molecule has 1 amide bonds. The van der Waals surface area contributed by atoms with Crippen molar-refractivity contribution < 1.29 is 24.2 Å². The molecule has 0 saturated carbocycles. The van der Waals surface area contributed by atoms with Gasteiger partial charge in [-0.15, -0.1) is 0 Å². The normalized spacial score (nSPS) is 12.4. The number of aromatic carboxylic acids is 1. The third kappa shape index (κ3) is 5.70. The second-order valence-corrected chi connectivity index (χ2v) is 9.97. The molecule has 1 aliphatic rings. The van der Waals surface area contributed by atoms with Crippen LogP contribution in [0.25, 0.3) is 11.3 Å². The largest absolute Gasteiger partial charge is 0.496 e. The van der Waals surface area contributed by atoms with Crippen molar-refractivity contribution in [3.63, 3.8) is 0 Å². The molecule has 0 bridgehead atoms. The van der Waals surface area contributed by atoms with Gasteiger partial charge >= 0.3 is 12.1 Å². The van der Waals surface area contributed by atoms with Crippen molar-refractivity contribution in [1.29, 1.82) is 0 Å². The van der Waals surface area contributed by atoms with E-state index in [2.05, 4.69) is 29.6 Å².